The molecule has 3 rings (SSSR count). The Morgan fingerprint density at radius 2 is 2.10 bits per heavy atom. The van der Waals surface area contributed by atoms with Crippen LogP contribution in [0.25, 0.3) is 11.0 Å². The summed E-state index contributed by atoms with van der Waals surface area (Å²) in [6, 6.07) is 2.04. The van der Waals surface area contributed by atoms with Crippen LogP contribution in [0.15, 0.2) is 18.5 Å². The molecule has 0 fully saturated rings. The molecule has 2 aromatic heterocycles. The SMILES string of the molecule is CC(Cl)c1nc2c(F)cc(F)cc2n1Cc1ncn(C)n1. The van der Waals surface area contributed by atoms with Crippen LogP contribution >= 0.6 is 11.6 Å². The number of fused-ring (bicyclic) bond motifs is 1. The van der Waals surface area contributed by atoms with E-state index >= 15 is 0 Å². The lowest BCUT2D eigenvalue weighted by molar-refractivity contribution is 0.590. The largest absolute Gasteiger partial charge is 0.319 e. The maximum Gasteiger partial charge on any atom is 0.170 e. The zero-order valence-corrected chi connectivity index (χ0v) is 12.1. The molecule has 0 N–H and O–H groups in total. The van der Waals surface area contributed by atoms with Gasteiger partial charge in [0.2, 0.25) is 0 Å². The molecule has 110 valence electrons. The van der Waals surface area contributed by atoms with Gasteiger partial charge < -0.3 is 4.57 Å². The lowest BCUT2D eigenvalue weighted by Gasteiger charge is -2.08. The van der Waals surface area contributed by atoms with E-state index in [1.165, 1.54) is 6.07 Å². The van der Waals surface area contributed by atoms with Crippen molar-refractivity contribution in [1.82, 2.24) is 24.3 Å². The quantitative estimate of drug-likeness (QED) is 0.699. The van der Waals surface area contributed by atoms with Crippen molar-refractivity contribution in [2.45, 2.75) is 18.8 Å². The van der Waals surface area contributed by atoms with Crippen LogP contribution in [0.3, 0.4) is 0 Å². The molecule has 2 heterocycles. The molecular weight excluding hydrogens is 300 g/mol. The van der Waals surface area contributed by atoms with Crippen molar-refractivity contribution in [3.63, 3.8) is 0 Å². The van der Waals surface area contributed by atoms with Crippen molar-refractivity contribution in [2.24, 2.45) is 7.05 Å². The first-order valence-corrected chi connectivity index (χ1v) is 6.73. The monoisotopic (exact) mass is 311 g/mol. The number of aromatic nitrogens is 5. The maximum absolute atomic E-state index is 13.9. The van der Waals surface area contributed by atoms with Gasteiger partial charge in [-0.3, -0.25) is 4.68 Å². The molecule has 1 aromatic carbocycles. The van der Waals surface area contributed by atoms with E-state index in [-0.39, 0.29) is 12.1 Å². The number of rotatable bonds is 3. The van der Waals surface area contributed by atoms with Gasteiger partial charge in [0.25, 0.3) is 0 Å². The fourth-order valence-electron chi connectivity index (χ4n) is 2.23. The average Bonchev–Trinajstić information content (AvgIpc) is 2.95. The average molecular weight is 312 g/mol. The van der Waals surface area contributed by atoms with Gasteiger partial charge >= 0.3 is 0 Å². The molecule has 8 heteroatoms. The molecule has 1 unspecified atom stereocenters. The van der Waals surface area contributed by atoms with Crippen molar-refractivity contribution >= 4 is 22.6 Å². The molecule has 0 radical (unpaired) electrons. The van der Waals surface area contributed by atoms with Gasteiger partial charge in [0, 0.05) is 13.1 Å². The van der Waals surface area contributed by atoms with E-state index in [9.17, 15) is 8.78 Å². The van der Waals surface area contributed by atoms with E-state index in [0.29, 0.717) is 17.2 Å². The predicted octanol–water partition coefficient (Wildman–Crippen LogP) is 2.79. The van der Waals surface area contributed by atoms with Crippen molar-refractivity contribution in [3.05, 3.63) is 41.7 Å². The normalized spacial score (nSPS) is 13.0. The van der Waals surface area contributed by atoms with Crippen LogP contribution in [-0.4, -0.2) is 24.3 Å². The first kappa shape index (κ1) is 13.9. The van der Waals surface area contributed by atoms with E-state index in [1.807, 2.05) is 0 Å². The number of nitrogens with zero attached hydrogens (tertiary/aromatic N) is 5. The molecule has 5 nitrogen and oxygen atoms in total. The highest BCUT2D eigenvalue weighted by atomic mass is 35.5. The smallest absolute Gasteiger partial charge is 0.170 e. The Labute approximate surface area is 124 Å². The minimum atomic E-state index is -0.712. The number of aryl methyl sites for hydroxylation is 1. The molecule has 0 spiro atoms. The number of hydrogen-bond acceptors (Lipinski definition) is 3. The van der Waals surface area contributed by atoms with Crippen LogP contribution in [-0.2, 0) is 13.6 Å². The third-order valence-electron chi connectivity index (χ3n) is 3.10. The van der Waals surface area contributed by atoms with Crippen LogP contribution in [0.2, 0.25) is 0 Å². The molecule has 0 aliphatic heterocycles. The second kappa shape index (κ2) is 5.07. The summed E-state index contributed by atoms with van der Waals surface area (Å²) in [4.78, 5) is 8.30. The van der Waals surface area contributed by atoms with E-state index in [2.05, 4.69) is 15.1 Å². The van der Waals surface area contributed by atoms with Crippen LogP contribution in [0, 0.1) is 11.6 Å². The molecule has 0 amide bonds. The Kier molecular flexibility index (Phi) is 3.36. The molecule has 3 aromatic rings. The third-order valence-corrected chi connectivity index (χ3v) is 3.30. The summed E-state index contributed by atoms with van der Waals surface area (Å²) in [7, 11) is 1.74. The first-order chi connectivity index (χ1) is 9.95. The Morgan fingerprint density at radius 1 is 1.33 bits per heavy atom. The molecule has 0 bridgehead atoms. The van der Waals surface area contributed by atoms with E-state index in [1.54, 1.807) is 29.5 Å². The molecule has 0 aliphatic carbocycles. The molecule has 1 atom stereocenters. The summed E-state index contributed by atoms with van der Waals surface area (Å²) < 4.78 is 30.5. The molecule has 0 aliphatic rings. The van der Waals surface area contributed by atoms with Gasteiger partial charge in [-0.15, -0.1) is 11.6 Å². The van der Waals surface area contributed by atoms with Gasteiger partial charge in [-0.25, -0.2) is 18.7 Å². The van der Waals surface area contributed by atoms with Crippen LogP contribution < -0.4 is 0 Å². The molecule has 21 heavy (non-hydrogen) atoms. The number of alkyl halides is 1. The van der Waals surface area contributed by atoms with E-state index in [4.69, 9.17) is 11.6 Å². The second-order valence-electron chi connectivity index (χ2n) is 4.76. The van der Waals surface area contributed by atoms with E-state index in [0.717, 1.165) is 6.07 Å². The van der Waals surface area contributed by atoms with Crippen molar-refractivity contribution in [2.75, 3.05) is 0 Å². The summed E-state index contributed by atoms with van der Waals surface area (Å²) in [6.07, 6.45) is 1.55. The summed E-state index contributed by atoms with van der Waals surface area (Å²) in [5.41, 5.74) is 0.428. The highest BCUT2D eigenvalue weighted by Crippen LogP contribution is 2.27. The Morgan fingerprint density at radius 3 is 2.71 bits per heavy atom. The Bertz CT molecular complexity index is 808. The number of imidazole rings is 1. The molecular formula is C13H12ClF2N5. The fraction of sp³-hybridized carbons (Fsp3) is 0.308. The van der Waals surface area contributed by atoms with Crippen molar-refractivity contribution in [1.29, 1.82) is 0 Å². The predicted molar refractivity (Wildman–Crippen MR) is 74.0 cm³/mol. The Balaban J connectivity index is 2.20. The topological polar surface area (TPSA) is 48.5 Å². The Hall–Kier alpha value is -2.02. The minimum Gasteiger partial charge on any atom is -0.319 e. The van der Waals surface area contributed by atoms with Gasteiger partial charge in [-0.2, -0.15) is 5.10 Å². The zero-order chi connectivity index (χ0) is 15.1. The summed E-state index contributed by atoms with van der Waals surface area (Å²) >= 11 is 6.10. The van der Waals surface area contributed by atoms with Crippen molar-refractivity contribution < 1.29 is 8.78 Å². The fourth-order valence-corrected chi connectivity index (χ4v) is 2.40. The van der Waals surface area contributed by atoms with Gasteiger partial charge in [-0.1, -0.05) is 0 Å². The second-order valence-corrected chi connectivity index (χ2v) is 5.42. The van der Waals surface area contributed by atoms with Crippen LogP contribution in [0.1, 0.15) is 23.9 Å². The molecule has 0 saturated carbocycles. The van der Waals surface area contributed by atoms with Gasteiger partial charge in [0.15, 0.2) is 11.6 Å². The third kappa shape index (κ3) is 2.49. The number of benzene rings is 1. The van der Waals surface area contributed by atoms with Gasteiger partial charge in [0.1, 0.15) is 23.5 Å². The molecule has 0 saturated heterocycles. The summed E-state index contributed by atoms with van der Waals surface area (Å²) in [6.45, 7) is 1.96. The maximum atomic E-state index is 13.9. The highest BCUT2D eigenvalue weighted by molar-refractivity contribution is 6.20. The zero-order valence-electron chi connectivity index (χ0n) is 11.4. The lowest BCUT2D eigenvalue weighted by atomic mass is 10.3. The highest BCUT2D eigenvalue weighted by Gasteiger charge is 2.19. The van der Waals surface area contributed by atoms with Gasteiger partial charge in [0.05, 0.1) is 17.4 Å². The lowest BCUT2D eigenvalue weighted by Crippen LogP contribution is -2.07. The summed E-state index contributed by atoms with van der Waals surface area (Å²) in [5, 5.41) is 3.71. The first-order valence-electron chi connectivity index (χ1n) is 6.29. The van der Waals surface area contributed by atoms with Crippen LogP contribution in [0.4, 0.5) is 8.78 Å². The van der Waals surface area contributed by atoms with Gasteiger partial charge in [-0.05, 0) is 13.0 Å². The van der Waals surface area contributed by atoms with E-state index < -0.39 is 17.0 Å². The van der Waals surface area contributed by atoms with Crippen molar-refractivity contribution in [3.8, 4) is 0 Å². The number of halogens is 3. The standard InChI is InChI=1S/C13H12ClF2N5/c1-7(14)13-18-12-9(16)3-8(15)4-10(12)21(13)5-11-17-6-20(2)19-11/h3-4,6-7H,5H2,1-2H3. The summed E-state index contributed by atoms with van der Waals surface area (Å²) in [5.74, 6) is -0.413. The minimum absolute atomic E-state index is 0.0924. The number of hydrogen-bond donors (Lipinski definition) is 0. The van der Waals surface area contributed by atoms with Crippen LogP contribution in [0.5, 0.6) is 0 Å².